The number of hydrogen-bond acceptors (Lipinski definition) is 6. The van der Waals surface area contributed by atoms with Crippen molar-refractivity contribution in [3.05, 3.63) is 29.8 Å². The van der Waals surface area contributed by atoms with Crippen LogP contribution in [-0.2, 0) is 4.89 Å². The Morgan fingerprint density at radius 2 is 1.94 bits per heavy atom. The molecule has 1 N–H and O–H groups in total. The van der Waals surface area contributed by atoms with Crippen LogP contribution in [0.2, 0.25) is 0 Å². The maximum atomic E-state index is 11.3. The van der Waals surface area contributed by atoms with Crippen LogP contribution < -0.4 is 0 Å². The summed E-state index contributed by atoms with van der Waals surface area (Å²) in [4.78, 5) is 15.8. The van der Waals surface area contributed by atoms with Gasteiger partial charge in [-0.1, -0.05) is 43.7 Å². The molecule has 0 heterocycles. The number of rotatable bonds is 4. The second-order valence-electron chi connectivity index (χ2n) is 4.22. The molecule has 0 spiro atoms. The molecule has 0 aliphatic rings. The van der Waals surface area contributed by atoms with Gasteiger partial charge in [-0.15, -0.1) is 0 Å². The van der Waals surface area contributed by atoms with E-state index in [1.807, 2.05) is 12.1 Å². The molecule has 0 aromatic heterocycles. The molecule has 0 atom stereocenters. The first kappa shape index (κ1) is 14.8. The first-order valence-electron chi connectivity index (χ1n) is 4.91. The molecule has 17 heavy (non-hydrogen) atoms. The van der Waals surface area contributed by atoms with Crippen LogP contribution in [-0.4, -0.2) is 16.0 Å². The van der Waals surface area contributed by atoms with E-state index >= 15 is 0 Å². The molecule has 0 aliphatic carbocycles. The van der Waals surface area contributed by atoms with E-state index in [-0.39, 0.29) is 4.75 Å². The minimum atomic E-state index is -0.727. The zero-order chi connectivity index (χ0) is 12.9. The van der Waals surface area contributed by atoms with Crippen molar-refractivity contribution in [2.24, 2.45) is 0 Å². The third-order valence-corrected chi connectivity index (χ3v) is 6.44. The Labute approximate surface area is 112 Å². The topological polar surface area (TPSA) is 46.5 Å². The van der Waals surface area contributed by atoms with E-state index in [4.69, 9.17) is 5.26 Å². The van der Waals surface area contributed by atoms with Crippen LogP contribution in [0.15, 0.2) is 29.2 Å². The highest BCUT2D eigenvalue weighted by Gasteiger charge is 2.15. The van der Waals surface area contributed by atoms with Crippen LogP contribution in [0.25, 0.3) is 0 Å². The largest absolute Gasteiger partial charge is 0.373 e. The van der Waals surface area contributed by atoms with Gasteiger partial charge in [-0.3, -0.25) is 4.89 Å². The summed E-state index contributed by atoms with van der Waals surface area (Å²) in [6.45, 7) is 6.37. The lowest BCUT2D eigenvalue weighted by Crippen LogP contribution is -2.04. The van der Waals surface area contributed by atoms with Gasteiger partial charge in [-0.05, 0) is 32.8 Å². The van der Waals surface area contributed by atoms with E-state index in [2.05, 4.69) is 25.7 Å². The molecule has 0 radical (unpaired) electrons. The van der Waals surface area contributed by atoms with Gasteiger partial charge in [0.05, 0.1) is 5.56 Å². The molecule has 0 saturated heterocycles. The Kier molecular flexibility index (Phi) is 5.72. The summed E-state index contributed by atoms with van der Waals surface area (Å²) in [6.07, 6.45) is 0. The van der Waals surface area contributed by atoms with Crippen molar-refractivity contribution in [3.8, 4) is 0 Å². The molecule has 0 fully saturated rings. The summed E-state index contributed by atoms with van der Waals surface area (Å²) in [7, 11) is 4.81. The smallest absolute Gasteiger partial charge is 0.295 e. The lowest BCUT2D eigenvalue weighted by atomic mass is 10.2. The molecule has 0 unspecified atom stereocenters. The van der Waals surface area contributed by atoms with Crippen LogP contribution >= 0.6 is 31.4 Å². The van der Waals surface area contributed by atoms with Crippen molar-refractivity contribution < 1.29 is 14.9 Å². The molecule has 0 saturated carbocycles. The Morgan fingerprint density at radius 3 is 2.53 bits per heavy atom. The second kappa shape index (κ2) is 6.58. The highest BCUT2D eigenvalue weighted by atomic mass is 33.5. The zero-order valence-corrected chi connectivity index (χ0v) is 12.2. The van der Waals surface area contributed by atoms with Crippen molar-refractivity contribution in [1.29, 1.82) is 0 Å². The fourth-order valence-corrected chi connectivity index (χ4v) is 5.77. The lowest BCUT2D eigenvalue weighted by Gasteiger charge is -2.15. The maximum Gasteiger partial charge on any atom is 0.373 e. The molecular formula is C11H14O3S3. The predicted octanol–water partition coefficient (Wildman–Crippen LogP) is 4.50. The Bertz CT molecular complexity index is 388. The van der Waals surface area contributed by atoms with E-state index in [0.29, 0.717) is 5.56 Å². The number of carbonyl (C=O) groups is 1. The van der Waals surface area contributed by atoms with Gasteiger partial charge < -0.3 is 0 Å². The molecule has 3 nitrogen and oxygen atoms in total. The summed E-state index contributed by atoms with van der Waals surface area (Å²) in [5.41, 5.74) is 0.377. The second-order valence-corrected chi connectivity index (χ2v) is 8.99. The average molecular weight is 290 g/mol. The van der Waals surface area contributed by atoms with Crippen LogP contribution in [0.5, 0.6) is 0 Å². The summed E-state index contributed by atoms with van der Waals surface area (Å²) in [5, 5.41) is 8.40. The fourth-order valence-electron chi connectivity index (χ4n) is 0.913. The summed E-state index contributed by atoms with van der Waals surface area (Å²) in [5.74, 6) is -0.727. The number of benzene rings is 1. The van der Waals surface area contributed by atoms with Crippen molar-refractivity contribution in [3.63, 3.8) is 0 Å². The third kappa shape index (κ3) is 5.25. The molecule has 0 amide bonds. The average Bonchev–Trinajstić information content (AvgIpc) is 2.27. The van der Waals surface area contributed by atoms with Gasteiger partial charge in [-0.25, -0.2) is 4.79 Å². The molecule has 94 valence electrons. The Balaban J connectivity index is 2.68. The van der Waals surface area contributed by atoms with E-state index < -0.39 is 5.97 Å². The van der Waals surface area contributed by atoms with Gasteiger partial charge in [0.1, 0.15) is 0 Å². The number of hydrogen-bond donors (Lipinski definition) is 1. The van der Waals surface area contributed by atoms with Crippen LogP contribution in [0.1, 0.15) is 31.1 Å². The molecule has 6 heteroatoms. The highest BCUT2D eigenvalue weighted by Crippen LogP contribution is 2.47. The summed E-state index contributed by atoms with van der Waals surface area (Å²) in [6, 6.07) is 7.03. The van der Waals surface area contributed by atoms with Crippen LogP contribution in [0, 0.1) is 0 Å². The van der Waals surface area contributed by atoms with Gasteiger partial charge in [0.2, 0.25) is 0 Å². The van der Waals surface area contributed by atoms with Gasteiger partial charge in [0, 0.05) is 9.64 Å². The van der Waals surface area contributed by atoms with Crippen LogP contribution in [0.3, 0.4) is 0 Å². The van der Waals surface area contributed by atoms with E-state index in [1.54, 1.807) is 32.8 Å². The van der Waals surface area contributed by atoms with Gasteiger partial charge in [0.15, 0.2) is 0 Å². The standard InChI is InChI=1S/C11H14O3S3/c1-11(2,3)16-17-15-9-7-5-4-6-8(9)10(12)14-13/h4-7,13H,1-3H3. The number of carbonyl (C=O) groups excluding carboxylic acids is 1. The quantitative estimate of drug-likeness (QED) is 0.500. The highest BCUT2D eigenvalue weighted by molar-refractivity contribution is 9.09. The van der Waals surface area contributed by atoms with Gasteiger partial charge in [0.25, 0.3) is 0 Å². The van der Waals surface area contributed by atoms with E-state index in [0.717, 1.165) is 4.90 Å². The molecule has 1 aromatic rings. The van der Waals surface area contributed by atoms with Crippen molar-refractivity contribution in [1.82, 2.24) is 0 Å². The minimum Gasteiger partial charge on any atom is -0.295 e. The molecule has 0 aliphatic heterocycles. The molecular weight excluding hydrogens is 276 g/mol. The van der Waals surface area contributed by atoms with Gasteiger partial charge in [-0.2, -0.15) is 5.26 Å². The first-order chi connectivity index (χ1) is 7.94. The van der Waals surface area contributed by atoms with Crippen molar-refractivity contribution in [2.45, 2.75) is 30.4 Å². The minimum absolute atomic E-state index is 0.157. The van der Waals surface area contributed by atoms with E-state index in [1.165, 1.54) is 10.8 Å². The SMILES string of the molecule is CC(C)(C)SSSc1ccccc1C(=O)OO. The van der Waals surface area contributed by atoms with Crippen molar-refractivity contribution in [2.75, 3.05) is 0 Å². The Morgan fingerprint density at radius 1 is 1.29 bits per heavy atom. The van der Waals surface area contributed by atoms with Crippen molar-refractivity contribution >= 4 is 37.4 Å². The first-order valence-corrected chi connectivity index (χ1v) is 8.39. The normalized spacial score (nSPS) is 11.3. The molecule has 0 bridgehead atoms. The predicted molar refractivity (Wildman–Crippen MR) is 75.3 cm³/mol. The van der Waals surface area contributed by atoms with Crippen LogP contribution in [0.4, 0.5) is 0 Å². The summed E-state index contributed by atoms with van der Waals surface area (Å²) < 4.78 is 0.157. The molecule has 1 aromatic carbocycles. The monoisotopic (exact) mass is 290 g/mol. The fraction of sp³-hybridized carbons (Fsp3) is 0.364. The molecule has 1 rings (SSSR count). The Hall–Kier alpha value is -0.300. The zero-order valence-electron chi connectivity index (χ0n) is 9.80. The summed E-state index contributed by atoms with van der Waals surface area (Å²) >= 11 is 0. The van der Waals surface area contributed by atoms with E-state index in [9.17, 15) is 4.79 Å². The van der Waals surface area contributed by atoms with Gasteiger partial charge >= 0.3 is 5.97 Å². The third-order valence-electron chi connectivity index (χ3n) is 1.60. The maximum absolute atomic E-state index is 11.3. The lowest BCUT2D eigenvalue weighted by molar-refractivity contribution is -0.183.